The molecule has 1 aromatic heterocycles. The van der Waals surface area contributed by atoms with Crippen LogP contribution in [0.15, 0.2) is 24.5 Å². The van der Waals surface area contributed by atoms with E-state index in [1.165, 1.54) is 0 Å². The molecule has 2 rings (SSSR count). The molecule has 15 heavy (non-hydrogen) atoms. The van der Waals surface area contributed by atoms with Crippen molar-refractivity contribution in [3.63, 3.8) is 0 Å². The quantitative estimate of drug-likeness (QED) is 0.771. The second-order valence-corrected chi connectivity index (χ2v) is 3.76. The fourth-order valence-corrected chi connectivity index (χ4v) is 1.65. The summed E-state index contributed by atoms with van der Waals surface area (Å²) >= 11 is 0. The average Bonchev–Trinajstić information content (AvgIpc) is 2.49. The summed E-state index contributed by atoms with van der Waals surface area (Å²) < 4.78 is 2.03. The zero-order valence-electron chi connectivity index (χ0n) is 9.15. The molecule has 0 aliphatic rings. The van der Waals surface area contributed by atoms with E-state index in [4.69, 9.17) is 0 Å². The number of phenolic OH excluding ortho intramolecular Hbond substituents is 1. The normalized spacial score (nSPS) is 10.6. The van der Waals surface area contributed by atoms with Gasteiger partial charge in [0.25, 0.3) is 0 Å². The first-order chi connectivity index (χ1) is 7.09. The SMILES string of the molecule is Cc1cc(O)ccc1-n1cnc(C)c1C. The summed E-state index contributed by atoms with van der Waals surface area (Å²) in [5, 5.41) is 9.33. The summed E-state index contributed by atoms with van der Waals surface area (Å²) in [5.74, 6) is 0.297. The summed E-state index contributed by atoms with van der Waals surface area (Å²) in [7, 11) is 0. The van der Waals surface area contributed by atoms with E-state index in [0.717, 1.165) is 22.6 Å². The van der Waals surface area contributed by atoms with Gasteiger partial charge >= 0.3 is 0 Å². The second-order valence-electron chi connectivity index (χ2n) is 3.76. The minimum absolute atomic E-state index is 0.297. The molecule has 3 heteroatoms. The summed E-state index contributed by atoms with van der Waals surface area (Å²) in [6, 6.07) is 5.35. The number of aryl methyl sites for hydroxylation is 2. The molecule has 0 unspecified atom stereocenters. The van der Waals surface area contributed by atoms with Gasteiger partial charge in [0.15, 0.2) is 0 Å². The predicted molar refractivity (Wildman–Crippen MR) is 59.4 cm³/mol. The Kier molecular flexibility index (Phi) is 2.23. The third kappa shape index (κ3) is 1.61. The van der Waals surface area contributed by atoms with Crippen LogP contribution in [-0.4, -0.2) is 14.7 Å². The molecule has 0 aliphatic heterocycles. The fraction of sp³-hybridized carbons (Fsp3) is 0.250. The lowest BCUT2D eigenvalue weighted by molar-refractivity contribution is 0.474. The number of rotatable bonds is 1. The third-order valence-electron chi connectivity index (χ3n) is 2.69. The number of hydrogen-bond donors (Lipinski definition) is 1. The van der Waals surface area contributed by atoms with Crippen LogP contribution in [0, 0.1) is 20.8 Å². The molecule has 0 fully saturated rings. The van der Waals surface area contributed by atoms with E-state index in [0.29, 0.717) is 5.75 Å². The molecular formula is C12H14N2O. The van der Waals surface area contributed by atoms with Gasteiger partial charge in [-0.2, -0.15) is 0 Å². The van der Waals surface area contributed by atoms with Gasteiger partial charge in [-0.3, -0.25) is 0 Å². The molecule has 1 N–H and O–H groups in total. The third-order valence-corrected chi connectivity index (χ3v) is 2.69. The number of aromatic nitrogens is 2. The molecule has 0 radical (unpaired) electrons. The number of benzene rings is 1. The Bertz CT molecular complexity index is 500. The topological polar surface area (TPSA) is 38.0 Å². The molecule has 78 valence electrons. The lowest BCUT2D eigenvalue weighted by Crippen LogP contribution is -1.97. The zero-order chi connectivity index (χ0) is 11.0. The smallest absolute Gasteiger partial charge is 0.115 e. The number of imidazole rings is 1. The highest BCUT2D eigenvalue weighted by molar-refractivity contribution is 5.45. The van der Waals surface area contributed by atoms with Crippen LogP contribution in [0.25, 0.3) is 5.69 Å². The lowest BCUT2D eigenvalue weighted by atomic mass is 10.2. The van der Waals surface area contributed by atoms with Crippen LogP contribution >= 0.6 is 0 Å². The monoisotopic (exact) mass is 202 g/mol. The Morgan fingerprint density at radius 2 is 1.93 bits per heavy atom. The van der Waals surface area contributed by atoms with Gasteiger partial charge in [0.05, 0.1) is 12.0 Å². The molecule has 1 heterocycles. The summed E-state index contributed by atoms with van der Waals surface area (Å²) in [6.07, 6.45) is 1.81. The van der Waals surface area contributed by atoms with Crippen LogP contribution in [0.1, 0.15) is 17.0 Å². The Hall–Kier alpha value is -1.77. The Balaban J connectivity index is 2.59. The largest absolute Gasteiger partial charge is 0.508 e. The lowest BCUT2D eigenvalue weighted by Gasteiger charge is -2.09. The highest BCUT2D eigenvalue weighted by atomic mass is 16.3. The van der Waals surface area contributed by atoms with Crippen LogP contribution in [-0.2, 0) is 0 Å². The molecule has 0 saturated heterocycles. The van der Waals surface area contributed by atoms with Gasteiger partial charge in [-0.15, -0.1) is 0 Å². The van der Waals surface area contributed by atoms with Gasteiger partial charge in [-0.05, 0) is 44.5 Å². The van der Waals surface area contributed by atoms with Gasteiger partial charge in [0.2, 0.25) is 0 Å². The van der Waals surface area contributed by atoms with Crippen LogP contribution in [0.4, 0.5) is 0 Å². The highest BCUT2D eigenvalue weighted by Gasteiger charge is 2.06. The number of nitrogens with zero attached hydrogens (tertiary/aromatic N) is 2. The van der Waals surface area contributed by atoms with Crippen LogP contribution < -0.4 is 0 Å². The minimum Gasteiger partial charge on any atom is -0.508 e. The van der Waals surface area contributed by atoms with Gasteiger partial charge in [-0.1, -0.05) is 0 Å². The first-order valence-electron chi connectivity index (χ1n) is 4.90. The number of hydrogen-bond acceptors (Lipinski definition) is 2. The maximum atomic E-state index is 9.33. The van der Waals surface area contributed by atoms with Crippen molar-refractivity contribution in [1.82, 2.24) is 9.55 Å². The molecule has 0 saturated carbocycles. The van der Waals surface area contributed by atoms with E-state index in [1.54, 1.807) is 12.1 Å². The van der Waals surface area contributed by atoms with Gasteiger partial charge in [0, 0.05) is 11.4 Å². The molecule has 0 amide bonds. The van der Waals surface area contributed by atoms with Crippen LogP contribution in [0.2, 0.25) is 0 Å². The van der Waals surface area contributed by atoms with E-state index < -0.39 is 0 Å². The van der Waals surface area contributed by atoms with Crippen molar-refractivity contribution in [3.05, 3.63) is 41.5 Å². The Morgan fingerprint density at radius 1 is 1.20 bits per heavy atom. The fourth-order valence-electron chi connectivity index (χ4n) is 1.65. The molecular weight excluding hydrogens is 188 g/mol. The molecule has 1 aromatic carbocycles. The van der Waals surface area contributed by atoms with E-state index >= 15 is 0 Å². The Labute approximate surface area is 89.0 Å². The van der Waals surface area contributed by atoms with E-state index in [9.17, 15) is 5.11 Å². The van der Waals surface area contributed by atoms with Crippen molar-refractivity contribution < 1.29 is 5.11 Å². The first-order valence-corrected chi connectivity index (χ1v) is 4.90. The predicted octanol–water partition coefficient (Wildman–Crippen LogP) is 2.50. The summed E-state index contributed by atoms with van der Waals surface area (Å²) in [6.45, 7) is 6.00. The van der Waals surface area contributed by atoms with Gasteiger partial charge < -0.3 is 9.67 Å². The van der Waals surface area contributed by atoms with Crippen molar-refractivity contribution >= 4 is 0 Å². The molecule has 0 bridgehead atoms. The Morgan fingerprint density at radius 3 is 2.47 bits per heavy atom. The highest BCUT2D eigenvalue weighted by Crippen LogP contribution is 2.21. The maximum Gasteiger partial charge on any atom is 0.115 e. The summed E-state index contributed by atoms with van der Waals surface area (Å²) in [4.78, 5) is 4.26. The van der Waals surface area contributed by atoms with Gasteiger partial charge in [0.1, 0.15) is 5.75 Å². The van der Waals surface area contributed by atoms with Crippen molar-refractivity contribution in [2.75, 3.05) is 0 Å². The minimum atomic E-state index is 0.297. The standard InChI is InChI=1S/C12H14N2O/c1-8-6-11(15)4-5-12(8)14-7-13-9(2)10(14)3/h4-7,15H,1-3H3. The molecule has 2 aromatic rings. The van der Waals surface area contributed by atoms with Crippen molar-refractivity contribution in [1.29, 1.82) is 0 Å². The molecule has 3 nitrogen and oxygen atoms in total. The van der Waals surface area contributed by atoms with Crippen LogP contribution in [0.5, 0.6) is 5.75 Å². The van der Waals surface area contributed by atoms with Crippen LogP contribution in [0.3, 0.4) is 0 Å². The number of aromatic hydroxyl groups is 1. The van der Waals surface area contributed by atoms with E-state index in [-0.39, 0.29) is 0 Å². The maximum absolute atomic E-state index is 9.33. The van der Waals surface area contributed by atoms with Crippen molar-refractivity contribution in [3.8, 4) is 11.4 Å². The molecule has 0 atom stereocenters. The number of phenols is 1. The van der Waals surface area contributed by atoms with Gasteiger partial charge in [-0.25, -0.2) is 4.98 Å². The average molecular weight is 202 g/mol. The zero-order valence-corrected chi connectivity index (χ0v) is 9.15. The van der Waals surface area contributed by atoms with E-state index in [1.807, 2.05) is 37.7 Å². The first kappa shape index (κ1) is 9.77. The van der Waals surface area contributed by atoms with Crippen molar-refractivity contribution in [2.45, 2.75) is 20.8 Å². The van der Waals surface area contributed by atoms with E-state index in [2.05, 4.69) is 4.98 Å². The molecule has 0 aliphatic carbocycles. The van der Waals surface area contributed by atoms with Crippen molar-refractivity contribution in [2.24, 2.45) is 0 Å². The molecule has 0 spiro atoms. The summed E-state index contributed by atoms with van der Waals surface area (Å²) in [5.41, 5.74) is 4.26. The second kappa shape index (κ2) is 3.42.